The normalized spacial score (nSPS) is 24.1. The number of aliphatic carboxylic acids is 1. The molecule has 2 aromatic rings. The summed E-state index contributed by atoms with van der Waals surface area (Å²) in [4.78, 5) is 11.6. The largest absolute Gasteiger partial charge is 0.480 e. The third kappa shape index (κ3) is 2.65. The number of carbonyl (C=O) groups is 1. The second-order valence-corrected chi connectivity index (χ2v) is 8.73. The highest BCUT2D eigenvalue weighted by Crippen LogP contribution is 2.52. The van der Waals surface area contributed by atoms with Crippen molar-refractivity contribution in [2.24, 2.45) is 0 Å². The lowest BCUT2D eigenvalue weighted by molar-refractivity contribution is -0.140. The van der Waals surface area contributed by atoms with E-state index < -0.39 is 21.5 Å². The molecule has 0 radical (unpaired) electrons. The second kappa shape index (κ2) is 5.34. The van der Waals surface area contributed by atoms with Crippen LogP contribution in [0.15, 0.2) is 46.7 Å². The van der Waals surface area contributed by atoms with Crippen molar-refractivity contribution in [3.8, 4) is 0 Å². The van der Waals surface area contributed by atoms with Gasteiger partial charge in [0.05, 0.1) is 4.34 Å². The topological polar surface area (TPSA) is 83.5 Å². The highest BCUT2D eigenvalue weighted by molar-refractivity contribution is 7.91. The third-order valence-corrected chi connectivity index (χ3v) is 6.91. The van der Waals surface area contributed by atoms with E-state index in [0.717, 1.165) is 16.9 Å². The number of nitrogens with one attached hydrogen (secondary N) is 1. The average Bonchev–Trinajstić information content (AvgIpc) is 3.02. The Labute approximate surface area is 136 Å². The Morgan fingerprint density at radius 3 is 2.50 bits per heavy atom. The van der Waals surface area contributed by atoms with E-state index in [-0.39, 0.29) is 16.5 Å². The highest BCUT2D eigenvalue weighted by Gasteiger charge is 2.63. The van der Waals surface area contributed by atoms with Crippen LogP contribution in [-0.2, 0) is 14.8 Å². The molecule has 1 heterocycles. The van der Waals surface area contributed by atoms with E-state index in [0.29, 0.717) is 4.34 Å². The first-order chi connectivity index (χ1) is 10.3. The molecular formula is C14H12ClNO4S2. The van der Waals surface area contributed by atoms with Crippen LogP contribution in [0.2, 0.25) is 4.34 Å². The van der Waals surface area contributed by atoms with E-state index >= 15 is 0 Å². The molecule has 5 nitrogen and oxygen atoms in total. The lowest BCUT2D eigenvalue weighted by Gasteiger charge is -2.14. The summed E-state index contributed by atoms with van der Waals surface area (Å²) in [6.45, 7) is 0. The summed E-state index contributed by atoms with van der Waals surface area (Å²) in [5.41, 5.74) is -0.687. The summed E-state index contributed by atoms with van der Waals surface area (Å²) in [6, 6.07) is 11.9. The van der Waals surface area contributed by atoms with Gasteiger partial charge >= 0.3 is 5.97 Å². The zero-order valence-corrected chi connectivity index (χ0v) is 13.6. The van der Waals surface area contributed by atoms with Gasteiger partial charge in [-0.25, -0.2) is 8.42 Å². The first-order valence-corrected chi connectivity index (χ1v) is 9.10. The number of halogens is 1. The molecule has 0 saturated heterocycles. The molecule has 0 bridgehead atoms. The van der Waals surface area contributed by atoms with Crippen molar-refractivity contribution in [2.75, 3.05) is 0 Å². The molecule has 22 heavy (non-hydrogen) atoms. The molecular weight excluding hydrogens is 346 g/mol. The number of hydrogen-bond acceptors (Lipinski definition) is 4. The predicted octanol–water partition coefficient (Wildman–Crippen LogP) is 2.69. The van der Waals surface area contributed by atoms with E-state index in [2.05, 4.69) is 4.72 Å². The van der Waals surface area contributed by atoms with Crippen LogP contribution in [0, 0.1) is 0 Å². The molecule has 8 heteroatoms. The smallest absolute Gasteiger partial charge is 0.325 e. The maximum Gasteiger partial charge on any atom is 0.325 e. The quantitative estimate of drug-likeness (QED) is 0.861. The molecule has 1 aliphatic rings. The van der Waals surface area contributed by atoms with Gasteiger partial charge in [0, 0.05) is 5.92 Å². The lowest BCUT2D eigenvalue weighted by Crippen LogP contribution is -2.44. The minimum Gasteiger partial charge on any atom is -0.480 e. The van der Waals surface area contributed by atoms with E-state index in [1.165, 1.54) is 12.1 Å². The number of carboxylic acid groups (broad SMARTS) is 1. The molecule has 1 fully saturated rings. The van der Waals surface area contributed by atoms with Gasteiger partial charge in [0.25, 0.3) is 10.0 Å². The number of benzene rings is 1. The van der Waals surface area contributed by atoms with Crippen molar-refractivity contribution >= 4 is 38.9 Å². The molecule has 2 unspecified atom stereocenters. The monoisotopic (exact) mass is 357 g/mol. The predicted molar refractivity (Wildman–Crippen MR) is 83.8 cm³/mol. The van der Waals surface area contributed by atoms with Gasteiger partial charge in [0.2, 0.25) is 0 Å². The highest BCUT2D eigenvalue weighted by atomic mass is 35.5. The van der Waals surface area contributed by atoms with Crippen LogP contribution in [0.3, 0.4) is 0 Å². The fourth-order valence-electron chi connectivity index (χ4n) is 2.48. The Balaban J connectivity index is 1.90. The first-order valence-electron chi connectivity index (χ1n) is 6.43. The van der Waals surface area contributed by atoms with Crippen LogP contribution >= 0.6 is 22.9 Å². The van der Waals surface area contributed by atoms with Gasteiger partial charge in [-0.2, -0.15) is 4.72 Å². The average molecular weight is 358 g/mol. The van der Waals surface area contributed by atoms with Crippen LogP contribution in [0.25, 0.3) is 0 Å². The number of carboxylic acids is 1. The van der Waals surface area contributed by atoms with Gasteiger partial charge in [-0.1, -0.05) is 41.9 Å². The fourth-order valence-corrected chi connectivity index (χ4v) is 5.36. The molecule has 1 aromatic heterocycles. The van der Waals surface area contributed by atoms with Crippen molar-refractivity contribution < 1.29 is 18.3 Å². The molecule has 2 atom stereocenters. The van der Waals surface area contributed by atoms with Crippen molar-refractivity contribution in [3.05, 3.63) is 52.4 Å². The van der Waals surface area contributed by atoms with E-state index in [9.17, 15) is 18.3 Å². The second-order valence-electron chi connectivity index (χ2n) is 5.11. The lowest BCUT2D eigenvalue weighted by atomic mass is 10.1. The van der Waals surface area contributed by atoms with Crippen molar-refractivity contribution in [2.45, 2.75) is 22.1 Å². The Hall–Kier alpha value is -1.41. The van der Waals surface area contributed by atoms with E-state index in [4.69, 9.17) is 11.6 Å². The van der Waals surface area contributed by atoms with Gasteiger partial charge in [-0.3, -0.25) is 4.79 Å². The molecule has 3 rings (SSSR count). The summed E-state index contributed by atoms with van der Waals surface area (Å²) in [6.07, 6.45) is 0.227. The summed E-state index contributed by atoms with van der Waals surface area (Å²) in [5.74, 6) is -1.55. The molecule has 0 aliphatic heterocycles. The van der Waals surface area contributed by atoms with Crippen molar-refractivity contribution in [1.29, 1.82) is 0 Å². The van der Waals surface area contributed by atoms with Crippen molar-refractivity contribution in [3.63, 3.8) is 0 Å². The van der Waals surface area contributed by atoms with Gasteiger partial charge < -0.3 is 5.11 Å². The summed E-state index contributed by atoms with van der Waals surface area (Å²) in [5, 5.41) is 9.50. The summed E-state index contributed by atoms with van der Waals surface area (Å²) >= 11 is 6.64. The van der Waals surface area contributed by atoms with Gasteiger partial charge in [0.1, 0.15) is 9.75 Å². The molecule has 116 valence electrons. The van der Waals surface area contributed by atoms with Crippen LogP contribution in [0.5, 0.6) is 0 Å². The van der Waals surface area contributed by atoms with Crippen LogP contribution in [0.4, 0.5) is 0 Å². The molecule has 1 aliphatic carbocycles. The van der Waals surface area contributed by atoms with Crippen LogP contribution < -0.4 is 4.72 Å². The number of hydrogen-bond donors (Lipinski definition) is 2. The summed E-state index contributed by atoms with van der Waals surface area (Å²) < 4.78 is 27.4. The summed E-state index contributed by atoms with van der Waals surface area (Å²) in [7, 11) is -3.92. The number of sulfonamides is 1. The third-order valence-electron chi connectivity index (χ3n) is 3.67. The Kier molecular flexibility index (Phi) is 3.76. The molecule has 1 aromatic carbocycles. The zero-order chi connectivity index (χ0) is 16.0. The number of rotatable bonds is 5. The molecule has 0 spiro atoms. The van der Waals surface area contributed by atoms with Gasteiger partial charge in [-0.05, 0) is 24.1 Å². The van der Waals surface area contributed by atoms with E-state index in [1.807, 2.05) is 6.07 Å². The molecule has 2 N–H and O–H groups in total. The standard InChI is InChI=1S/C14H12ClNO4S2/c15-11-6-7-12(21-11)22(19,20)16-14(13(17)18)8-10(14)9-4-2-1-3-5-9/h1-7,10,16H,8H2,(H,17,18). The molecule has 1 saturated carbocycles. The van der Waals surface area contributed by atoms with Gasteiger partial charge in [-0.15, -0.1) is 11.3 Å². The SMILES string of the molecule is O=C(O)C1(NS(=O)(=O)c2ccc(Cl)s2)CC1c1ccccc1. The van der Waals surface area contributed by atoms with Crippen LogP contribution in [-0.4, -0.2) is 25.0 Å². The van der Waals surface area contributed by atoms with Crippen molar-refractivity contribution in [1.82, 2.24) is 4.72 Å². The zero-order valence-electron chi connectivity index (χ0n) is 11.2. The minimum atomic E-state index is -3.92. The van der Waals surface area contributed by atoms with Gasteiger partial charge in [0.15, 0.2) is 0 Å². The maximum absolute atomic E-state index is 12.4. The minimum absolute atomic E-state index is 0.0110. The maximum atomic E-state index is 12.4. The Morgan fingerprint density at radius 1 is 1.27 bits per heavy atom. The first kappa shape index (κ1) is 15.5. The van der Waals surface area contributed by atoms with E-state index in [1.54, 1.807) is 24.3 Å². The van der Waals surface area contributed by atoms with Crippen LogP contribution in [0.1, 0.15) is 17.9 Å². The molecule has 0 amide bonds. The fraction of sp³-hybridized carbons (Fsp3) is 0.214. The number of thiophene rings is 1. The Morgan fingerprint density at radius 2 is 1.95 bits per heavy atom. The Bertz CT molecular complexity index is 818.